The van der Waals surface area contributed by atoms with Crippen LogP contribution >= 0.6 is 0 Å². The number of hydrazone groups is 1. The zero-order valence-electron chi connectivity index (χ0n) is 12.5. The molecule has 3 rings (SSSR count). The average Bonchev–Trinajstić information content (AvgIpc) is 2.89. The van der Waals surface area contributed by atoms with Crippen LogP contribution in [0.15, 0.2) is 29.4 Å². The van der Waals surface area contributed by atoms with Crippen molar-refractivity contribution >= 4 is 11.6 Å². The smallest absolute Gasteiger partial charge is 0.248 e. The fraction of sp³-hybridized carbons (Fsp3) is 0.529. The molecular formula is C17H22N2O2. The van der Waals surface area contributed by atoms with E-state index < -0.39 is 0 Å². The average molecular weight is 286 g/mol. The lowest BCUT2D eigenvalue weighted by Gasteiger charge is -2.20. The fourth-order valence-electron chi connectivity index (χ4n) is 3.22. The Bertz CT molecular complexity index is 547. The number of carbonyl (C=O) groups excluding carboxylic acids is 1. The summed E-state index contributed by atoms with van der Waals surface area (Å²) in [7, 11) is 1.65. The number of hydrogen-bond donors (Lipinski definition) is 0. The second-order valence-corrected chi connectivity index (χ2v) is 5.91. The third-order valence-electron chi connectivity index (χ3n) is 4.41. The zero-order chi connectivity index (χ0) is 14.7. The molecule has 0 radical (unpaired) electrons. The van der Waals surface area contributed by atoms with Crippen molar-refractivity contribution in [1.29, 1.82) is 0 Å². The van der Waals surface area contributed by atoms with Gasteiger partial charge in [-0.05, 0) is 36.5 Å². The molecule has 2 aliphatic rings. The summed E-state index contributed by atoms with van der Waals surface area (Å²) in [6.07, 6.45) is 6.76. The third kappa shape index (κ3) is 3.26. The summed E-state index contributed by atoms with van der Waals surface area (Å²) in [5, 5.41) is 6.23. The predicted molar refractivity (Wildman–Crippen MR) is 82.2 cm³/mol. The number of ether oxygens (including phenoxy) is 1. The van der Waals surface area contributed by atoms with Crippen molar-refractivity contribution in [2.45, 2.75) is 45.1 Å². The van der Waals surface area contributed by atoms with Gasteiger partial charge in [-0.25, -0.2) is 5.01 Å². The first-order valence-electron chi connectivity index (χ1n) is 7.77. The molecule has 4 heteroatoms. The van der Waals surface area contributed by atoms with E-state index in [9.17, 15) is 4.79 Å². The van der Waals surface area contributed by atoms with Crippen LogP contribution in [0.2, 0.25) is 0 Å². The summed E-state index contributed by atoms with van der Waals surface area (Å²) in [5.41, 5.74) is 2.15. The van der Waals surface area contributed by atoms with E-state index in [1.165, 1.54) is 32.1 Å². The van der Waals surface area contributed by atoms with Crippen LogP contribution in [0.1, 0.15) is 44.1 Å². The van der Waals surface area contributed by atoms with Crippen molar-refractivity contribution in [2.24, 2.45) is 11.0 Å². The minimum absolute atomic E-state index is 0.124. The van der Waals surface area contributed by atoms with Crippen molar-refractivity contribution in [2.75, 3.05) is 7.11 Å². The van der Waals surface area contributed by atoms with Gasteiger partial charge in [-0.2, -0.15) is 5.10 Å². The topological polar surface area (TPSA) is 41.9 Å². The lowest BCUT2D eigenvalue weighted by atomic mass is 9.85. The molecular weight excluding hydrogens is 264 g/mol. The van der Waals surface area contributed by atoms with Crippen molar-refractivity contribution in [3.05, 3.63) is 29.8 Å². The number of carbonyl (C=O) groups is 1. The Morgan fingerprint density at radius 1 is 1.29 bits per heavy atom. The standard InChI is InChI=1S/C17H22N2O2/c1-21-15-9-5-6-13(10-15)12-19-17(20)11-16(18-19)14-7-3-2-4-8-14/h5-6,9-10,14H,2-4,7-8,11-12H2,1H3. The molecule has 0 unspecified atom stereocenters. The highest BCUT2D eigenvalue weighted by molar-refractivity contribution is 6.06. The maximum Gasteiger partial charge on any atom is 0.248 e. The Morgan fingerprint density at radius 2 is 2.10 bits per heavy atom. The Kier molecular flexibility index (Phi) is 4.23. The summed E-state index contributed by atoms with van der Waals surface area (Å²) in [5.74, 6) is 1.46. The summed E-state index contributed by atoms with van der Waals surface area (Å²) >= 11 is 0. The number of rotatable bonds is 4. The van der Waals surface area contributed by atoms with E-state index >= 15 is 0 Å². The highest BCUT2D eigenvalue weighted by atomic mass is 16.5. The van der Waals surface area contributed by atoms with Crippen molar-refractivity contribution in [3.63, 3.8) is 0 Å². The number of methoxy groups -OCH3 is 1. The van der Waals surface area contributed by atoms with E-state index in [1.807, 2.05) is 24.3 Å². The monoisotopic (exact) mass is 286 g/mol. The summed E-state index contributed by atoms with van der Waals surface area (Å²) < 4.78 is 5.22. The van der Waals surface area contributed by atoms with Gasteiger partial charge in [-0.1, -0.05) is 31.4 Å². The first-order chi connectivity index (χ1) is 10.3. The summed E-state index contributed by atoms with van der Waals surface area (Å²) in [6.45, 7) is 0.534. The molecule has 21 heavy (non-hydrogen) atoms. The van der Waals surface area contributed by atoms with Gasteiger partial charge in [0.2, 0.25) is 5.91 Å². The molecule has 112 valence electrons. The molecule has 0 N–H and O–H groups in total. The van der Waals surface area contributed by atoms with Crippen LogP contribution in [-0.2, 0) is 11.3 Å². The molecule has 1 aliphatic heterocycles. The van der Waals surface area contributed by atoms with E-state index in [2.05, 4.69) is 5.10 Å². The zero-order valence-corrected chi connectivity index (χ0v) is 12.5. The van der Waals surface area contributed by atoms with Crippen LogP contribution < -0.4 is 4.74 Å². The Hall–Kier alpha value is -1.84. The number of amides is 1. The minimum atomic E-state index is 0.124. The van der Waals surface area contributed by atoms with Crippen molar-refractivity contribution in [3.8, 4) is 5.75 Å². The Morgan fingerprint density at radius 3 is 2.86 bits per heavy atom. The molecule has 0 aromatic heterocycles. The second kappa shape index (κ2) is 6.29. The quantitative estimate of drug-likeness (QED) is 0.851. The molecule has 0 spiro atoms. The van der Waals surface area contributed by atoms with Gasteiger partial charge in [0.05, 0.1) is 25.8 Å². The molecule has 1 aliphatic carbocycles. The van der Waals surface area contributed by atoms with Crippen LogP contribution in [0.4, 0.5) is 0 Å². The minimum Gasteiger partial charge on any atom is -0.497 e. The maximum atomic E-state index is 12.2. The van der Waals surface area contributed by atoms with Crippen molar-refractivity contribution in [1.82, 2.24) is 5.01 Å². The maximum absolute atomic E-state index is 12.2. The predicted octanol–water partition coefficient (Wildman–Crippen LogP) is 3.36. The molecule has 4 nitrogen and oxygen atoms in total. The van der Waals surface area contributed by atoms with Gasteiger partial charge in [0.15, 0.2) is 0 Å². The molecule has 1 saturated carbocycles. The van der Waals surface area contributed by atoms with Gasteiger partial charge in [0.1, 0.15) is 5.75 Å². The van der Waals surface area contributed by atoms with Crippen LogP contribution in [-0.4, -0.2) is 23.7 Å². The van der Waals surface area contributed by atoms with Crippen LogP contribution in [0, 0.1) is 5.92 Å². The van der Waals surface area contributed by atoms with E-state index in [1.54, 1.807) is 12.1 Å². The molecule has 1 aromatic rings. The van der Waals surface area contributed by atoms with E-state index in [0.717, 1.165) is 17.0 Å². The third-order valence-corrected chi connectivity index (χ3v) is 4.41. The normalized spacial score (nSPS) is 19.8. The Balaban J connectivity index is 1.69. The fourth-order valence-corrected chi connectivity index (χ4v) is 3.22. The molecule has 1 aromatic carbocycles. The first kappa shape index (κ1) is 14.1. The molecule has 0 saturated heterocycles. The molecule has 1 fully saturated rings. The lowest BCUT2D eigenvalue weighted by molar-refractivity contribution is -0.129. The van der Waals surface area contributed by atoms with Gasteiger partial charge in [0.25, 0.3) is 0 Å². The Labute approximate surface area is 125 Å². The molecule has 1 amide bonds. The second-order valence-electron chi connectivity index (χ2n) is 5.91. The van der Waals surface area contributed by atoms with E-state index in [4.69, 9.17) is 4.74 Å². The summed E-state index contributed by atoms with van der Waals surface area (Å²) in [4.78, 5) is 12.2. The largest absolute Gasteiger partial charge is 0.497 e. The van der Waals surface area contributed by atoms with Crippen LogP contribution in [0.3, 0.4) is 0 Å². The van der Waals surface area contributed by atoms with Gasteiger partial charge in [-0.3, -0.25) is 4.79 Å². The van der Waals surface area contributed by atoms with Crippen LogP contribution in [0.25, 0.3) is 0 Å². The lowest BCUT2D eigenvalue weighted by Crippen LogP contribution is -2.20. The molecule has 1 heterocycles. The highest BCUT2D eigenvalue weighted by Gasteiger charge is 2.29. The highest BCUT2D eigenvalue weighted by Crippen LogP contribution is 2.29. The summed E-state index contributed by atoms with van der Waals surface area (Å²) in [6, 6.07) is 7.82. The van der Waals surface area contributed by atoms with Gasteiger partial charge < -0.3 is 4.74 Å². The van der Waals surface area contributed by atoms with E-state index in [0.29, 0.717) is 18.9 Å². The molecule has 0 atom stereocenters. The molecule has 0 bridgehead atoms. The SMILES string of the molecule is COc1cccc(CN2N=C(C3CCCCC3)CC2=O)c1. The van der Waals surface area contributed by atoms with E-state index in [-0.39, 0.29) is 5.91 Å². The number of nitrogens with zero attached hydrogens (tertiary/aromatic N) is 2. The van der Waals surface area contributed by atoms with Gasteiger partial charge in [0, 0.05) is 0 Å². The van der Waals surface area contributed by atoms with Crippen LogP contribution in [0.5, 0.6) is 5.75 Å². The van der Waals surface area contributed by atoms with Crippen molar-refractivity contribution < 1.29 is 9.53 Å². The van der Waals surface area contributed by atoms with Gasteiger partial charge >= 0.3 is 0 Å². The number of hydrogen-bond acceptors (Lipinski definition) is 3. The van der Waals surface area contributed by atoms with Gasteiger partial charge in [-0.15, -0.1) is 0 Å². The number of benzene rings is 1. The first-order valence-corrected chi connectivity index (χ1v) is 7.77.